The van der Waals surface area contributed by atoms with E-state index in [4.69, 9.17) is 4.74 Å². The number of anilines is 1. The second kappa shape index (κ2) is 9.37. The molecule has 2 N–H and O–H groups in total. The van der Waals surface area contributed by atoms with Crippen molar-refractivity contribution in [3.63, 3.8) is 0 Å². The van der Waals surface area contributed by atoms with Gasteiger partial charge >= 0.3 is 0 Å². The summed E-state index contributed by atoms with van der Waals surface area (Å²) in [5.41, 5.74) is 2.92. The van der Waals surface area contributed by atoms with Gasteiger partial charge in [0, 0.05) is 44.0 Å². The predicted octanol–water partition coefficient (Wildman–Crippen LogP) is 3.62. The Balaban J connectivity index is 1.34. The van der Waals surface area contributed by atoms with Crippen molar-refractivity contribution in [2.24, 2.45) is 0 Å². The molecule has 1 saturated heterocycles. The van der Waals surface area contributed by atoms with Crippen LogP contribution < -0.4 is 10.1 Å². The molecule has 1 aliphatic rings. The first kappa shape index (κ1) is 21.2. The van der Waals surface area contributed by atoms with E-state index >= 15 is 0 Å². The number of ether oxygens (including phenoxy) is 1. The van der Waals surface area contributed by atoms with E-state index < -0.39 is 0 Å². The van der Waals surface area contributed by atoms with Crippen LogP contribution in [-0.2, 0) is 11.3 Å². The molecule has 31 heavy (non-hydrogen) atoms. The van der Waals surface area contributed by atoms with Crippen LogP contribution in [0.5, 0.6) is 11.5 Å². The number of benzene rings is 3. The second-order valence-corrected chi connectivity index (χ2v) is 8.12. The molecule has 0 spiro atoms. The Morgan fingerprint density at radius 1 is 1.00 bits per heavy atom. The highest BCUT2D eigenvalue weighted by atomic mass is 16.5. The van der Waals surface area contributed by atoms with E-state index in [1.165, 1.54) is 5.56 Å². The van der Waals surface area contributed by atoms with Gasteiger partial charge in [-0.2, -0.15) is 0 Å². The molecule has 3 aromatic rings. The molecule has 0 aliphatic carbocycles. The summed E-state index contributed by atoms with van der Waals surface area (Å²) in [5, 5.41) is 15.6. The monoisotopic (exact) mass is 419 g/mol. The van der Waals surface area contributed by atoms with Gasteiger partial charge in [0.15, 0.2) is 0 Å². The predicted molar refractivity (Wildman–Crippen MR) is 124 cm³/mol. The minimum Gasteiger partial charge on any atom is -0.508 e. The minimum absolute atomic E-state index is 0.0103. The molecule has 0 saturated carbocycles. The van der Waals surface area contributed by atoms with Crippen molar-refractivity contribution in [3.05, 3.63) is 65.7 Å². The van der Waals surface area contributed by atoms with Crippen molar-refractivity contribution in [2.75, 3.05) is 45.2 Å². The number of methoxy groups -OCH3 is 1. The molecule has 0 radical (unpaired) electrons. The summed E-state index contributed by atoms with van der Waals surface area (Å²) >= 11 is 0. The third-order valence-electron chi connectivity index (χ3n) is 5.86. The maximum Gasteiger partial charge on any atom is 0.238 e. The number of fused-ring (bicyclic) bond motifs is 1. The Labute approximate surface area is 183 Å². The molecule has 162 valence electrons. The first-order valence-electron chi connectivity index (χ1n) is 10.6. The third-order valence-corrected chi connectivity index (χ3v) is 5.86. The topological polar surface area (TPSA) is 65.0 Å². The van der Waals surface area contributed by atoms with Crippen molar-refractivity contribution in [3.8, 4) is 11.5 Å². The normalized spacial score (nSPS) is 15.2. The SMILES string of the molecule is COc1ccc2ccc(O)c(CN3CCN(CC(=O)Nc4ccc(C)cc4)CC3)c2c1. The number of hydrogen-bond acceptors (Lipinski definition) is 5. The van der Waals surface area contributed by atoms with Crippen LogP contribution in [0, 0.1) is 6.92 Å². The first-order chi connectivity index (χ1) is 15.0. The van der Waals surface area contributed by atoms with E-state index in [-0.39, 0.29) is 5.91 Å². The van der Waals surface area contributed by atoms with Gasteiger partial charge < -0.3 is 15.2 Å². The lowest BCUT2D eigenvalue weighted by atomic mass is 10.0. The minimum atomic E-state index is 0.0103. The standard InChI is InChI=1S/C25H29N3O3/c1-18-3-7-20(8-4-18)26-25(30)17-28-13-11-27(12-14-28)16-23-22-15-21(31-2)9-5-19(22)6-10-24(23)29/h3-10,15,29H,11-14,16-17H2,1-2H3,(H,26,30). The fraction of sp³-hybridized carbons (Fsp3) is 0.320. The number of aryl methyl sites for hydroxylation is 1. The van der Waals surface area contributed by atoms with Crippen molar-refractivity contribution in [1.82, 2.24) is 9.80 Å². The van der Waals surface area contributed by atoms with E-state index in [9.17, 15) is 9.90 Å². The number of piperazine rings is 1. The molecule has 0 bridgehead atoms. The Morgan fingerprint density at radius 3 is 2.39 bits per heavy atom. The average molecular weight is 420 g/mol. The van der Waals surface area contributed by atoms with Gasteiger partial charge in [0.2, 0.25) is 5.91 Å². The molecule has 0 atom stereocenters. The lowest BCUT2D eigenvalue weighted by Crippen LogP contribution is -2.48. The van der Waals surface area contributed by atoms with E-state index in [2.05, 4.69) is 15.1 Å². The lowest BCUT2D eigenvalue weighted by Gasteiger charge is -2.34. The highest BCUT2D eigenvalue weighted by molar-refractivity contribution is 5.92. The number of aromatic hydroxyl groups is 1. The summed E-state index contributed by atoms with van der Waals surface area (Å²) in [6.45, 7) is 6.40. The van der Waals surface area contributed by atoms with Crippen LogP contribution in [0.3, 0.4) is 0 Å². The van der Waals surface area contributed by atoms with Crippen molar-refractivity contribution in [1.29, 1.82) is 0 Å². The van der Waals surface area contributed by atoms with Gasteiger partial charge in [-0.3, -0.25) is 14.6 Å². The summed E-state index contributed by atoms with van der Waals surface area (Å²) in [5.74, 6) is 1.10. The second-order valence-electron chi connectivity index (χ2n) is 8.12. The maximum atomic E-state index is 12.4. The van der Waals surface area contributed by atoms with Gasteiger partial charge in [-0.05, 0) is 48.0 Å². The largest absolute Gasteiger partial charge is 0.508 e. The van der Waals surface area contributed by atoms with Gasteiger partial charge in [0.1, 0.15) is 11.5 Å². The lowest BCUT2D eigenvalue weighted by molar-refractivity contribution is -0.117. The summed E-state index contributed by atoms with van der Waals surface area (Å²) < 4.78 is 5.37. The third kappa shape index (κ3) is 5.16. The number of carbonyl (C=O) groups excluding carboxylic acids is 1. The number of carbonyl (C=O) groups is 1. The molecule has 1 aliphatic heterocycles. The van der Waals surface area contributed by atoms with Gasteiger partial charge in [-0.15, -0.1) is 0 Å². The van der Waals surface area contributed by atoms with Crippen molar-refractivity contribution < 1.29 is 14.6 Å². The van der Waals surface area contributed by atoms with Crippen LogP contribution in [0.2, 0.25) is 0 Å². The van der Waals surface area contributed by atoms with Gasteiger partial charge in [-0.1, -0.05) is 29.8 Å². The number of phenolic OH excluding ortho intramolecular Hbond substituents is 1. The molecule has 1 fully saturated rings. The van der Waals surface area contributed by atoms with E-state index in [1.807, 2.05) is 55.5 Å². The molecule has 1 amide bonds. The average Bonchev–Trinajstić information content (AvgIpc) is 2.78. The molecule has 4 rings (SSSR count). The van der Waals surface area contributed by atoms with Crippen LogP contribution in [0.15, 0.2) is 54.6 Å². The fourth-order valence-corrected chi connectivity index (χ4v) is 4.01. The molecule has 1 heterocycles. The quantitative estimate of drug-likeness (QED) is 0.639. The summed E-state index contributed by atoms with van der Waals surface area (Å²) in [6.07, 6.45) is 0. The maximum absolute atomic E-state index is 12.4. The van der Waals surface area contributed by atoms with E-state index in [0.29, 0.717) is 18.8 Å². The number of nitrogens with one attached hydrogen (secondary N) is 1. The zero-order chi connectivity index (χ0) is 21.8. The smallest absolute Gasteiger partial charge is 0.238 e. The van der Waals surface area contributed by atoms with Crippen LogP contribution in [0.1, 0.15) is 11.1 Å². The van der Waals surface area contributed by atoms with Crippen molar-refractivity contribution in [2.45, 2.75) is 13.5 Å². The molecule has 0 aromatic heterocycles. The Kier molecular flexibility index (Phi) is 6.39. The summed E-state index contributed by atoms with van der Waals surface area (Å²) in [7, 11) is 1.65. The molecule has 0 unspecified atom stereocenters. The number of amides is 1. The van der Waals surface area contributed by atoms with Gasteiger partial charge in [0.25, 0.3) is 0 Å². The Morgan fingerprint density at radius 2 is 1.68 bits per heavy atom. The van der Waals surface area contributed by atoms with E-state index in [1.54, 1.807) is 13.2 Å². The zero-order valence-electron chi connectivity index (χ0n) is 18.1. The number of rotatable bonds is 6. The van der Waals surface area contributed by atoms with Crippen molar-refractivity contribution >= 4 is 22.4 Å². The van der Waals surface area contributed by atoms with Crippen LogP contribution in [0.4, 0.5) is 5.69 Å². The Hall–Kier alpha value is -3.09. The Bertz CT molecular complexity index is 1060. The molecule has 6 heteroatoms. The fourth-order valence-electron chi connectivity index (χ4n) is 4.01. The summed E-state index contributed by atoms with van der Waals surface area (Å²) in [4.78, 5) is 16.9. The van der Waals surface area contributed by atoms with Crippen LogP contribution in [-0.4, -0.2) is 60.6 Å². The number of hydrogen-bond donors (Lipinski definition) is 2. The highest BCUT2D eigenvalue weighted by Crippen LogP contribution is 2.31. The van der Waals surface area contributed by atoms with Crippen LogP contribution >= 0.6 is 0 Å². The highest BCUT2D eigenvalue weighted by Gasteiger charge is 2.21. The van der Waals surface area contributed by atoms with Gasteiger partial charge in [0.05, 0.1) is 13.7 Å². The summed E-state index contributed by atoms with van der Waals surface area (Å²) in [6, 6.07) is 17.5. The molecular weight excluding hydrogens is 390 g/mol. The molecule has 6 nitrogen and oxygen atoms in total. The number of nitrogens with zero attached hydrogens (tertiary/aromatic N) is 2. The van der Waals surface area contributed by atoms with E-state index in [0.717, 1.165) is 54.0 Å². The van der Waals surface area contributed by atoms with Crippen LogP contribution in [0.25, 0.3) is 10.8 Å². The zero-order valence-corrected chi connectivity index (χ0v) is 18.1. The van der Waals surface area contributed by atoms with Gasteiger partial charge in [-0.25, -0.2) is 0 Å². The number of phenols is 1. The first-order valence-corrected chi connectivity index (χ1v) is 10.6. The molecular formula is C25H29N3O3. The molecule has 3 aromatic carbocycles.